The van der Waals surface area contributed by atoms with Gasteiger partial charge in [0, 0.05) is 24.1 Å². The fourth-order valence-electron chi connectivity index (χ4n) is 3.46. The molecule has 3 rings (SSSR count). The smallest absolute Gasteiger partial charge is 0.220 e. The van der Waals surface area contributed by atoms with Gasteiger partial charge in [0.15, 0.2) is 5.76 Å². The maximum Gasteiger partial charge on any atom is 0.220 e. The van der Waals surface area contributed by atoms with Gasteiger partial charge in [0.2, 0.25) is 5.91 Å². The van der Waals surface area contributed by atoms with Gasteiger partial charge < -0.3 is 14.6 Å². The van der Waals surface area contributed by atoms with Crippen LogP contribution < -0.4 is 10.1 Å². The number of carbonyl (C=O) groups is 1. The molecule has 0 saturated heterocycles. The maximum atomic E-state index is 12.1. The first kappa shape index (κ1) is 18.5. The minimum Gasteiger partial charge on any atom is -0.497 e. The van der Waals surface area contributed by atoms with Crippen LogP contribution in [0.5, 0.6) is 5.75 Å². The molecule has 1 fully saturated rings. The second kappa shape index (κ2) is 8.88. The monoisotopic (exact) mass is 356 g/mol. The number of benzene rings is 1. The Hall–Kier alpha value is -2.30. The third kappa shape index (κ3) is 5.10. The van der Waals surface area contributed by atoms with Gasteiger partial charge in [-0.3, -0.25) is 4.79 Å². The minimum atomic E-state index is 0.156. The zero-order valence-corrected chi connectivity index (χ0v) is 15.7. The maximum absolute atomic E-state index is 12.1. The molecule has 1 N–H and O–H groups in total. The second-order valence-electron chi connectivity index (χ2n) is 7.29. The third-order valence-corrected chi connectivity index (χ3v) is 5.15. The Balaban J connectivity index is 1.42. The van der Waals surface area contributed by atoms with Gasteiger partial charge in [0.1, 0.15) is 5.75 Å². The van der Waals surface area contributed by atoms with Crippen molar-refractivity contribution in [2.75, 3.05) is 7.11 Å². The van der Waals surface area contributed by atoms with Crippen molar-refractivity contribution in [3.63, 3.8) is 0 Å². The minimum absolute atomic E-state index is 0.156. The molecule has 5 nitrogen and oxygen atoms in total. The highest BCUT2D eigenvalue weighted by Gasteiger charge is 2.19. The zero-order valence-electron chi connectivity index (χ0n) is 15.7. The van der Waals surface area contributed by atoms with Crippen molar-refractivity contribution in [3.05, 3.63) is 36.0 Å². The van der Waals surface area contributed by atoms with Crippen molar-refractivity contribution < 1.29 is 14.1 Å². The predicted molar refractivity (Wildman–Crippen MR) is 101 cm³/mol. The molecule has 1 heterocycles. The standard InChI is InChI=1S/C21H28N2O3/c1-15-6-10-17(11-7-15)22-21(24)5-3-4-18-14-20(26-23-18)16-8-12-19(25-2)13-9-16/h8-9,12-15,17H,3-7,10-11H2,1-2H3,(H,22,24). The Bertz CT molecular complexity index is 700. The first-order chi connectivity index (χ1) is 12.6. The predicted octanol–water partition coefficient (Wildman–Crippen LogP) is 4.37. The molecule has 1 amide bonds. The lowest BCUT2D eigenvalue weighted by atomic mass is 9.87. The molecule has 140 valence electrons. The van der Waals surface area contributed by atoms with Crippen molar-refractivity contribution >= 4 is 5.91 Å². The van der Waals surface area contributed by atoms with E-state index in [9.17, 15) is 4.79 Å². The summed E-state index contributed by atoms with van der Waals surface area (Å²) in [5.41, 5.74) is 1.85. The number of carbonyl (C=O) groups excluding carboxylic acids is 1. The van der Waals surface area contributed by atoms with Crippen molar-refractivity contribution in [1.82, 2.24) is 10.5 Å². The van der Waals surface area contributed by atoms with E-state index in [4.69, 9.17) is 9.26 Å². The summed E-state index contributed by atoms with van der Waals surface area (Å²) in [5, 5.41) is 7.29. The van der Waals surface area contributed by atoms with Crippen LogP contribution >= 0.6 is 0 Å². The van der Waals surface area contributed by atoms with Gasteiger partial charge in [-0.05, 0) is 68.7 Å². The topological polar surface area (TPSA) is 64.4 Å². The second-order valence-corrected chi connectivity index (χ2v) is 7.29. The molecule has 1 saturated carbocycles. The first-order valence-corrected chi connectivity index (χ1v) is 9.53. The average molecular weight is 356 g/mol. The molecule has 5 heteroatoms. The number of ether oxygens (including phenoxy) is 1. The lowest BCUT2D eigenvalue weighted by Gasteiger charge is -2.26. The molecule has 0 spiro atoms. The van der Waals surface area contributed by atoms with E-state index in [1.54, 1.807) is 7.11 Å². The molecule has 1 aromatic carbocycles. The van der Waals surface area contributed by atoms with Crippen molar-refractivity contribution in [2.24, 2.45) is 5.92 Å². The van der Waals surface area contributed by atoms with Gasteiger partial charge >= 0.3 is 0 Å². The fourth-order valence-corrected chi connectivity index (χ4v) is 3.46. The summed E-state index contributed by atoms with van der Waals surface area (Å²) in [7, 11) is 1.65. The molecule has 0 aliphatic heterocycles. The van der Waals surface area contributed by atoms with E-state index in [1.165, 1.54) is 12.8 Å². The number of aryl methyl sites for hydroxylation is 1. The highest BCUT2D eigenvalue weighted by molar-refractivity contribution is 5.76. The van der Waals surface area contributed by atoms with E-state index in [-0.39, 0.29) is 5.91 Å². The SMILES string of the molecule is COc1ccc(-c2cc(CCCC(=O)NC3CCC(C)CC3)no2)cc1. The number of nitrogens with zero attached hydrogens (tertiary/aromatic N) is 1. The number of methoxy groups -OCH3 is 1. The fraction of sp³-hybridized carbons (Fsp3) is 0.524. The summed E-state index contributed by atoms with van der Waals surface area (Å²) >= 11 is 0. The molecule has 1 aliphatic carbocycles. The van der Waals surface area contributed by atoms with Crippen LogP contribution in [-0.4, -0.2) is 24.2 Å². The number of nitrogens with one attached hydrogen (secondary N) is 1. The molecule has 1 aromatic heterocycles. The summed E-state index contributed by atoms with van der Waals surface area (Å²) in [6.07, 6.45) is 6.73. The van der Waals surface area contributed by atoms with Crippen LogP contribution in [0.4, 0.5) is 0 Å². The number of hydrogen-bond acceptors (Lipinski definition) is 4. The van der Waals surface area contributed by atoms with E-state index in [2.05, 4.69) is 17.4 Å². The van der Waals surface area contributed by atoms with Crippen molar-refractivity contribution in [1.29, 1.82) is 0 Å². The van der Waals surface area contributed by atoms with E-state index in [0.717, 1.165) is 54.4 Å². The summed E-state index contributed by atoms with van der Waals surface area (Å²) in [6.45, 7) is 2.29. The lowest BCUT2D eigenvalue weighted by Crippen LogP contribution is -2.37. The van der Waals surface area contributed by atoms with Crippen LogP contribution in [0.25, 0.3) is 11.3 Å². The van der Waals surface area contributed by atoms with E-state index < -0.39 is 0 Å². The molecule has 0 unspecified atom stereocenters. The number of hydrogen-bond donors (Lipinski definition) is 1. The van der Waals surface area contributed by atoms with Crippen LogP contribution in [0.15, 0.2) is 34.9 Å². The van der Waals surface area contributed by atoms with E-state index in [1.807, 2.05) is 30.3 Å². The summed E-state index contributed by atoms with van der Waals surface area (Å²) in [5.74, 6) is 2.51. The largest absolute Gasteiger partial charge is 0.497 e. The number of rotatable bonds is 7. The lowest BCUT2D eigenvalue weighted by molar-refractivity contribution is -0.122. The Morgan fingerprint density at radius 3 is 2.65 bits per heavy atom. The van der Waals surface area contributed by atoms with E-state index >= 15 is 0 Å². The number of amides is 1. The quantitative estimate of drug-likeness (QED) is 0.800. The molecule has 1 aliphatic rings. The number of aromatic nitrogens is 1. The van der Waals surface area contributed by atoms with E-state index in [0.29, 0.717) is 12.5 Å². The normalized spacial score (nSPS) is 19.9. The van der Waals surface area contributed by atoms with Gasteiger partial charge in [-0.1, -0.05) is 12.1 Å². The third-order valence-electron chi connectivity index (χ3n) is 5.15. The van der Waals surface area contributed by atoms with Crippen molar-refractivity contribution in [2.45, 2.75) is 57.9 Å². The van der Waals surface area contributed by atoms with Gasteiger partial charge in [0.25, 0.3) is 0 Å². The molecule has 2 aromatic rings. The molecule has 0 radical (unpaired) electrons. The van der Waals surface area contributed by atoms with Crippen LogP contribution in [0, 0.1) is 5.92 Å². The van der Waals surface area contributed by atoms with Gasteiger partial charge in [-0.15, -0.1) is 0 Å². The Kier molecular flexibility index (Phi) is 6.31. The average Bonchev–Trinajstić information content (AvgIpc) is 3.12. The van der Waals surface area contributed by atoms with Crippen LogP contribution in [0.1, 0.15) is 51.1 Å². The van der Waals surface area contributed by atoms with Crippen LogP contribution in [0.3, 0.4) is 0 Å². The Morgan fingerprint density at radius 2 is 1.96 bits per heavy atom. The summed E-state index contributed by atoms with van der Waals surface area (Å²) in [6, 6.07) is 10.0. The van der Waals surface area contributed by atoms with Crippen molar-refractivity contribution in [3.8, 4) is 17.1 Å². The highest BCUT2D eigenvalue weighted by atomic mass is 16.5. The van der Waals surface area contributed by atoms with Gasteiger partial charge in [-0.25, -0.2) is 0 Å². The Labute approximate surface area is 155 Å². The Morgan fingerprint density at radius 1 is 1.23 bits per heavy atom. The summed E-state index contributed by atoms with van der Waals surface area (Å²) in [4.78, 5) is 12.1. The van der Waals surface area contributed by atoms with Gasteiger partial charge in [0.05, 0.1) is 12.8 Å². The molecular weight excluding hydrogens is 328 g/mol. The van der Waals surface area contributed by atoms with Crippen LogP contribution in [0.2, 0.25) is 0 Å². The zero-order chi connectivity index (χ0) is 18.4. The molecule has 0 bridgehead atoms. The first-order valence-electron chi connectivity index (χ1n) is 9.53. The molecule has 26 heavy (non-hydrogen) atoms. The van der Waals surface area contributed by atoms with Crippen LogP contribution in [-0.2, 0) is 11.2 Å². The van der Waals surface area contributed by atoms with Gasteiger partial charge in [-0.2, -0.15) is 0 Å². The molecule has 0 atom stereocenters. The summed E-state index contributed by atoms with van der Waals surface area (Å²) < 4.78 is 10.6. The molecular formula is C21H28N2O3. The highest BCUT2D eigenvalue weighted by Crippen LogP contribution is 2.24.